The average Bonchev–Trinajstić information content (AvgIpc) is 2.70. The monoisotopic (exact) mass is 387 g/mol. The summed E-state index contributed by atoms with van der Waals surface area (Å²) in [5.41, 5.74) is 9.36. The third-order valence-corrected chi connectivity index (χ3v) is 4.44. The van der Waals surface area contributed by atoms with Crippen molar-refractivity contribution in [3.8, 4) is 12.3 Å². The molecule has 0 radical (unpaired) electrons. The van der Waals surface area contributed by atoms with E-state index in [4.69, 9.17) is 12.2 Å². The number of amides is 1. The molecule has 0 saturated carbocycles. The SMILES string of the molecule is C#CCN(Cc1ccc(C(=O)Nc2ccccc2N)cc1)Cc1cccc(F)c1. The molecule has 4 nitrogen and oxygen atoms in total. The molecule has 3 rings (SSSR count). The van der Waals surface area contributed by atoms with Crippen LogP contribution in [0.15, 0.2) is 72.8 Å². The van der Waals surface area contributed by atoms with E-state index in [2.05, 4.69) is 11.2 Å². The van der Waals surface area contributed by atoms with Gasteiger partial charge in [-0.25, -0.2) is 4.39 Å². The molecule has 5 heteroatoms. The van der Waals surface area contributed by atoms with Crippen molar-refractivity contribution in [3.63, 3.8) is 0 Å². The van der Waals surface area contributed by atoms with Crippen LogP contribution in [0, 0.1) is 18.2 Å². The topological polar surface area (TPSA) is 58.4 Å². The van der Waals surface area contributed by atoms with E-state index in [9.17, 15) is 9.18 Å². The molecule has 146 valence electrons. The van der Waals surface area contributed by atoms with Crippen molar-refractivity contribution < 1.29 is 9.18 Å². The summed E-state index contributed by atoms with van der Waals surface area (Å²) in [6, 6.07) is 20.9. The highest BCUT2D eigenvalue weighted by Gasteiger charge is 2.10. The van der Waals surface area contributed by atoms with Crippen LogP contribution in [0.4, 0.5) is 15.8 Å². The van der Waals surface area contributed by atoms with Crippen LogP contribution in [0.3, 0.4) is 0 Å². The van der Waals surface area contributed by atoms with E-state index in [0.717, 1.165) is 11.1 Å². The molecule has 0 fully saturated rings. The van der Waals surface area contributed by atoms with Crippen LogP contribution in [-0.2, 0) is 13.1 Å². The summed E-state index contributed by atoms with van der Waals surface area (Å²) in [5.74, 6) is 2.15. The highest BCUT2D eigenvalue weighted by atomic mass is 19.1. The first-order chi connectivity index (χ1) is 14.0. The van der Waals surface area contributed by atoms with Gasteiger partial charge in [-0.3, -0.25) is 9.69 Å². The Morgan fingerprint density at radius 1 is 1.00 bits per heavy atom. The first-order valence-corrected chi connectivity index (χ1v) is 9.20. The van der Waals surface area contributed by atoms with Gasteiger partial charge in [-0.15, -0.1) is 6.42 Å². The summed E-state index contributed by atoms with van der Waals surface area (Å²) in [6.07, 6.45) is 5.49. The molecule has 0 aliphatic carbocycles. The molecule has 0 atom stereocenters. The molecule has 0 aliphatic rings. The number of anilines is 2. The summed E-state index contributed by atoms with van der Waals surface area (Å²) in [5, 5.41) is 2.81. The third-order valence-electron chi connectivity index (χ3n) is 4.44. The molecule has 3 aromatic carbocycles. The zero-order chi connectivity index (χ0) is 20.6. The predicted octanol–water partition coefficient (Wildman–Crippen LogP) is 4.30. The summed E-state index contributed by atoms with van der Waals surface area (Å²) >= 11 is 0. The number of nitrogens with one attached hydrogen (secondary N) is 1. The molecule has 3 N–H and O–H groups in total. The van der Waals surface area contributed by atoms with Gasteiger partial charge in [0.1, 0.15) is 5.82 Å². The molecule has 0 aliphatic heterocycles. The van der Waals surface area contributed by atoms with Crippen LogP contribution in [0.25, 0.3) is 0 Å². The van der Waals surface area contributed by atoms with Crippen molar-refractivity contribution in [3.05, 3.63) is 95.3 Å². The van der Waals surface area contributed by atoms with Crippen molar-refractivity contribution >= 4 is 17.3 Å². The smallest absolute Gasteiger partial charge is 0.255 e. The van der Waals surface area contributed by atoms with Gasteiger partial charge in [-0.05, 0) is 47.5 Å². The molecule has 0 bridgehead atoms. The number of benzene rings is 3. The van der Waals surface area contributed by atoms with Gasteiger partial charge in [0.2, 0.25) is 0 Å². The molecule has 0 heterocycles. The van der Waals surface area contributed by atoms with Gasteiger partial charge >= 0.3 is 0 Å². The summed E-state index contributed by atoms with van der Waals surface area (Å²) in [4.78, 5) is 14.5. The van der Waals surface area contributed by atoms with E-state index in [-0.39, 0.29) is 11.7 Å². The number of halogens is 1. The highest BCUT2D eigenvalue weighted by molar-refractivity contribution is 6.05. The Hall–Kier alpha value is -3.62. The number of nitrogens with two attached hydrogens (primary N) is 1. The van der Waals surface area contributed by atoms with Crippen molar-refractivity contribution in [2.75, 3.05) is 17.6 Å². The minimum absolute atomic E-state index is 0.227. The Labute approximate surface area is 170 Å². The second-order valence-electron chi connectivity index (χ2n) is 6.72. The summed E-state index contributed by atoms with van der Waals surface area (Å²) in [7, 11) is 0. The maximum atomic E-state index is 13.4. The Morgan fingerprint density at radius 3 is 2.41 bits per heavy atom. The molecule has 3 aromatic rings. The average molecular weight is 387 g/mol. The quantitative estimate of drug-likeness (QED) is 0.470. The van der Waals surface area contributed by atoms with Crippen molar-refractivity contribution in [1.29, 1.82) is 0 Å². The molecule has 29 heavy (non-hydrogen) atoms. The molecule has 0 saturated heterocycles. The van der Waals surface area contributed by atoms with E-state index in [0.29, 0.717) is 36.6 Å². The van der Waals surface area contributed by atoms with E-state index in [1.54, 1.807) is 30.3 Å². The van der Waals surface area contributed by atoms with E-state index in [1.807, 2.05) is 35.2 Å². The number of hydrogen-bond acceptors (Lipinski definition) is 3. The van der Waals surface area contributed by atoms with Gasteiger partial charge in [0.05, 0.1) is 17.9 Å². The van der Waals surface area contributed by atoms with Crippen molar-refractivity contribution in [2.45, 2.75) is 13.1 Å². The molecular formula is C24H22FN3O. The van der Waals surface area contributed by atoms with Gasteiger partial charge in [-0.1, -0.05) is 42.3 Å². The number of nitrogens with zero attached hydrogens (tertiary/aromatic N) is 1. The standard InChI is InChI=1S/C24H22FN3O/c1-2-14-28(17-19-6-5-7-21(25)15-19)16-18-10-12-20(13-11-18)24(29)27-23-9-4-3-8-22(23)26/h1,3-13,15H,14,16-17,26H2,(H,27,29). The fraction of sp³-hybridized carbons (Fsp3) is 0.125. The van der Waals surface area contributed by atoms with Crippen LogP contribution in [0.5, 0.6) is 0 Å². The molecule has 1 amide bonds. The first-order valence-electron chi connectivity index (χ1n) is 9.20. The van der Waals surface area contributed by atoms with E-state index < -0.39 is 0 Å². The Morgan fingerprint density at radius 2 is 1.72 bits per heavy atom. The van der Waals surface area contributed by atoms with Gasteiger partial charge in [0.25, 0.3) is 5.91 Å². The maximum Gasteiger partial charge on any atom is 0.255 e. The molecule has 0 aromatic heterocycles. The lowest BCUT2D eigenvalue weighted by Gasteiger charge is -2.20. The third kappa shape index (κ3) is 5.68. The lowest BCUT2D eigenvalue weighted by Crippen LogP contribution is -2.23. The maximum absolute atomic E-state index is 13.4. The number of terminal acetylenes is 1. The zero-order valence-corrected chi connectivity index (χ0v) is 15.9. The number of para-hydroxylation sites is 2. The van der Waals surface area contributed by atoms with Gasteiger partial charge < -0.3 is 11.1 Å². The number of hydrogen-bond donors (Lipinski definition) is 2. The Balaban J connectivity index is 1.65. The molecule has 0 unspecified atom stereocenters. The van der Waals surface area contributed by atoms with Crippen LogP contribution in [-0.4, -0.2) is 17.4 Å². The van der Waals surface area contributed by atoms with Crippen LogP contribution in [0.2, 0.25) is 0 Å². The summed E-state index contributed by atoms with van der Waals surface area (Å²) in [6.45, 7) is 1.57. The van der Waals surface area contributed by atoms with Gasteiger partial charge in [0, 0.05) is 18.7 Å². The van der Waals surface area contributed by atoms with Crippen LogP contribution >= 0.6 is 0 Å². The fourth-order valence-electron chi connectivity index (χ4n) is 3.02. The second kappa shape index (κ2) is 9.54. The number of carbonyl (C=O) groups excluding carboxylic acids is 1. The molecular weight excluding hydrogens is 365 g/mol. The van der Waals surface area contributed by atoms with Gasteiger partial charge in [-0.2, -0.15) is 0 Å². The minimum Gasteiger partial charge on any atom is -0.397 e. The van der Waals surface area contributed by atoms with Crippen molar-refractivity contribution in [2.24, 2.45) is 0 Å². The van der Waals surface area contributed by atoms with E-state index in [1.165, 1.54) is 12.1 Å². The van der Waals surface area contributed by atoms with Gasteiger partial charge in [0.15, 0.2) is 0 Å². The lowest BCUT2D eigenvalue weighted by atomic mass is 10.1. The summed E-state index contributed by atoms with van der Waals surface area (Å²) < 4.78 is 13.4. The van der Waals surface area contributed by atoms with Crippen LogP contribution < -0.4 is 11.1 Å². The molecule has 0 spiro atoms. The zero-order valence-electron chi connectivity index (χ0n) is 15.9. The number of rotatable bonds is 7. The number of nitrogen functional groups attached to an aromatic ring is 1. The normalized spacial score (nSPS) is 10.5. The largest absolute Gasteiger partial charge is 0.397 e. The first kappa shape index (κ1) is 20.1. The number of carbonyl (C=O) groups is 1. The van der Waals surface area contributed by atoms with Crippen LogP contribution in [0.1, 0.15) is 21.5 Å². The lowest BCUT2D eigenvalue weighted by molar-refractivity contribution is 0.102. The predicted molar refractivity (Wildman–Crippen MR) is 115 cm³/mol. The minimum atomic E-state index is -0.266. The Bertz CT molecular complexity index is 1020. The highest BCUT2D eigenvalue weighted by Crippen LogP contribution is 2.18. The van der Waals surface area contributed by atoms with Crippen molar-refractivity contribution in [1.82, 2.24) is 4.90 Å². The fourth-order valence-corrected chi connectivity index (χ4v) is 3.02. The Kier molecular flexibility index (Phi) is 6.62. The second-order valence-corrected chi connectivity index (χ2v) is 6.72. The van der Waals surface area contributed by atoms with E-state index >= 15 is 0 Å².